The lowest BCUT2D eigenvalue weighted by atomic mass is 10.1. The van der Waals surface area contributed by atoms with Crippen LogP contribution in [0.25, 0.3) is 0 Å². The summed E-state index contributed by atoms with van der Waals surface area (Å²) < 4.78 is 2.08. The molecular formula is C11H19ClN4. The molecule has 1 aliphatic heterocycles. The van der Waals surface area contributed by atoms with Crippen LogP contribution in [0.5, 0.6) is 0 Å². The van der Waals surface area contributed by atoms with Gasteiger partial charge in [0.1, 0.15) is 12.2 Å². The Hall–Kier alpha value is -0.610. The number of hydrogen-bond donors (Lipinski definition) is 0. The second-order valence-corrected chi connectivity index (χ2v) is 4.77. The van der Waals surface area contributed by atoms with Crippen molar-refractivity contribution in [3.05, 3.63) is 12.2 Å². The third-order valence-corrected chi connectivity index (χ3v) is 3.45. The van der Waals surface area contributed by atoms with Gasteiger partial charge >= 0.3 is 0 Å². The van der Waals surface area contributed by atoms with E-state index in [2.05, 4.69) is 26.6 Å². The van der Waals surface area contributed by atoms with Gasteiger partial charge in [-0.05, 0) is 32.9 Å². The van der Waals surface area contributed by atoms with Crippen molar-refractivity contribution in [3.63, 3.8) is 0 Å². The number of rotatable bonds is 4. The van der Waals surface area contributed by atoms with Crippen molar-refractivity contribution >= 4 is 11.6 Å². The third kappa shape index (κ3) is 2.74. The van der Waals surface area contributed by atoms with Crippen LogP contribution in [0, 0.1) is 0 Å². The molecule has 1 saturated heterocycles. The molecule has 1 atom stereocenters. The number of piperidine rings is 1. The van der Waals surface area contributed by atoms with Crippen molar-refractivity contribution in [2.75, 3.05) is 19.6 Å². The van der Waals surface area contributed by atoms with E-state index in [9.17, 15) is 0 Å². The zero-order valence-corrected chi connectivity index (χ0v) is 10.5. The first-order valence-corrected chi connectivity index (χ1v) is 6.51. The Kier molecular flexibility index (Phi) is 4.18. The largest absolute Gasteiger partial charge is 0.312 e. The summed E-state index contributed by atoms with van der Waals surface area (Å²) in [4.78, 5) is 2.52. The average Bonchev–Trinajstić information content (AvgIpc) is 2.78. The number of alkyl halides is 1. The van der Waals surface area contributed by atoms with E-state index in [0.717, 1.165) is 12.4 Å². The van der Waals surface area contributed by atoms with Gasteiger partial charge in [0, 0.05) is 12.6 Å². The molecule has 1 aromatic heterocycles. The minimum Gasteiger partial charge on any atom is -0.312 e. The number of hydrogen-bond acceptors (Lipinski definition) is 3. The molecule has 2 rings (SSSR count). The molecule has 0 bridgehead atoms. The van der Waals surface area contributed by atoms with E-state index in [1.54, 1.807) is 6.33 Å². The van der Waals surface area contributed by atoms with Crippen LogP contribution in [0.4, 0.5) is 0 Å². The molecule has 0 aliphatic carbocycles. The number of aromatic nitrogens is 3. The maximum atomic E-state index is 5.82. The third-order valence-electron chi connectivity index (χ3n) is 3.21. The van der Waals surface area contributed by atoms with Crippen molar-refractivity contribution in [1.82, 2.24) is 19.7 Å². The van der Waals surface area contributed by atoms with Crippen molar-refractivity contribution in [2.24, 2.45) is 0 Å². The lowest BCUT2D eigenvalue weighted by molar-refractivity contribution is 0.201. The van der Waals surface area contributed by atoms with Gasteiger partial charge in [0.25, 0.3) is 0 Å². The van der Waals surface area contributed by atoms with Crippen LogP contribution in [0.3, 0.4) is 0 Å². The molecule has 0 spiro atoms. The van der Waals surface area contributed by atoms with Gasteiger partial charge in [0.2, 0.25) is 0 Å². The molecule has 4 nitrogen and oxygen atoms in total. The first kappa shape index (κ1) is 11.9. The second kappa shape index (κ2) is 5.64. The second-order valence-electron chi connectivity index (χ2n) is 4.50. The molecule has 0 radical (unpaired) electrons. The topological polar surface area (TPSA) is 34.0 Å². The quantitative estimate of drug-likeness (QED) is 0.758. The van der Waals surface area contributed by atoms with E-state index in [1.165, 1.54) is 32.4 Å². The van der Waals surface area contributed by atoms with Gasteiger partial charge in [-0.1, -0.05) is 6.42 Å². The summed E-state index contributed by atoms with van der Waals surface area (Å²) in [5.74, 6) is 1.30. The van der Waals surface area contributed by atoms with Gasteiger partial charge in [-0.3, -0.25) is 0 Å². The summed E-state index contributed by atoms with van der Waals surface area (Å²) in [6.45, 7) is 5.72. The van der Waals surface area contributed by atoms with Crippen molar-refractivity contribution in [2.45, 2.75) is 38.1 Å². The molecule has 1 unspecified atom stereocenters. The maximum absolute atomic E-state index is 5.82. The molecule has 0 aromatic carbocycles. The molecular weight excluding hydrogens is 224 g/mol. The van der Waals surface area contributed by atoms with Crippen LogP contribution >= 0.6 is 11.6 Å². The first-order chi connectivity index (χ1) is 7.81. The first-order valence-electron chi connectivity index (χ1n) is 5.98. The van der Waals surface area contributed by atoms with Gasteiger partial charge in [-0.25, -0.2) is 0 Å². The van der Waals surface area contributed by atoms with Crippen molar-refractivity contribution in [1.29, 1.82) is 0 Å². The molecule has 0 N–H and O–H groups in total. The Bertz CT molecular complexity index is 320. The Balaban J connectivity index is 1.93. The Labute approximate surface area is 102 Å². The average molecular weight is 243 g/mol. The van der Waals surface area contributed by atoms with Crippen LogP contribution in [0.1, 0.15) is 38.1 Å². The molecule has 1 aliphatic rings. The fourth-order valence-electron chi connectivity index (χ4n) is 2.33. The van der Waals surface area contributed by atoms with Gasteiger partial charge < -0.3 is 9.47 Å². The minimum atomic E-state index is 0.404. The smallest absolute Gasteiger partial charge is 0.148 e. The highest BCUT2D eigenvalue weighted by Crippen LogP contribution is 2.15. The molecule has 1 fully saturated rings. The summed E-state index contributed by atoms with van der Waals surface area (Å²) in [5, 5.41) is 7.93. The van der Waals surface area contributed by atoms with E-state index < -0.39 is 0 Å². The lowest BCUT2D eigenvalue weighted by Gasteiger charge is -2.29. The monoisotopic (exact) mass is 242 g/mol. The van der Waals surface area contributed by atoms with E-state index in [0.29, 0.717) is 11.9 Å². The fourth-order valence-corrected chi connectivity index (χ4v) is 2.53. The van der Waals surface area contributed by atoms with E-state index in [1.807, 2.05) is 0 Å². The summed E-state index contributed by atoms with van der Waals surface area (Å²) in [6.07, 6.45) is 5.82. The highest BCUT2D eigenvalue weighted by atomic mass is 35.5. The highest BCUT2D eigenvalue weighted by Gasteiger charge is 2.16. The predicted octanol–water partition coefficient (Wildman–Crippen LogP) is 2.06. The zero-order chi connectivity index (χ0) is 11.4. The highest BCUT2D eigenvalue weighted by molar-refractivity contribution is 6.16. The molecule has 0 saturated carbocycles. The van der Waals surface area contributed by atoms with Gasteiger partial charge in [-0.15, -0.1) is 21.8 Å². The number of likely N-dealkylation sites (tertiary alicyclic amines) is 1. The van der Waals surface area contributed by atoms with Gasteiger partial charge in [0.05, 0.1) is 5.88 Å². The molecule has 2 heterocycles. The van der Waals surface area contributed by atoms with Crippen molar-refractivity contribution in [3.8, 4) is 0 Å². The summed E-state index contributed by atoms with van der Waals surface area (Å²) >= 11 is 5.82. The minimum absolute atomic E-state index is 0.404. The number of halogens is 1. The van der Waals surface area contributed by atoms with E-state index in [-0.39, 0.29) is 0 Å². The van der Waals surface area contributed by atoms with Crippen molar-refractivity contribution < 1.29 is 0 Å². The SMILES string of the molecule is CC(CN1CCCCC1)n1cnnc1CCl. The fraction of sp³-hybridized carbons (Fsp3) is 0.818. The van der Waals surface area contributed by atoms with Crippen LogP contribution in [-0.2, 0) is 5.88 Å². The van der Waals surface area contributed by atoms with Crippen LogP contribution in [0.15, 0.2) is 6.33 Å². The molecule has 0 amide bonds. The summed E-state index contributed by atoms with van der Waals surface area (Å²) in [6, 6.07) is 0.404. The standard InChI is InChI=1S/C11H19ClN4/c1-10(8-15-5-3-2-4-6-15)16-9-13-14-11(16)7-12/h9-10H,2-8H2,1H3. The summed E-state index contributed by atoms with van der Waals surface area (Å²) in [7, 11) is 0. The van der Waals surface area contributed by atoms with E-state index in [4.69, 9.17) is 11.6 Å². The Morgan fingerprint density at radius 1 is 1.38 bits per heavy atom. The molecule has 1 aromatic rings. The molecule has 16 heavy (non-hydrogen) atoms. The number of nitrogens with zero attached hydrogens (tertiary/aromatic N) is 4. The normalized spacial score (nSPS) is 19.9. The predicted molar refractivity (Wildman–Crippen MR) is 64.6 cm³/mol. The summed E-state index contributed by atoms with van der Waals surface area (Å²) in [5.41, 5.74) is 0. The lowest BCUT2D eigenvalue weighted by Crippen LogP contribution is -2.34. The van der Waals surface area contributed by atoms with Crippen LogP contribution in [0.2, 0.25) is 0 Å². The molecule has 90 valence electrons. The Morgan fingerprint density at radius 3 is 2.81 bits per heavy atom. The zero-order valence-electron chi connectivity index (χ0n) is 9.77. The van der Waals surface area contributed by atoms with Crippen LogP contribution in [-0.4, -0.2) is 39.3 Å². The van der Waals surface area contributed by atoms with Gasteiger partial charge in [-0.2, -0.15) is 0 Å². The van der Waals surface area contributed by atoms with Crippen LogP contribution < -0.4 is 0 Å². The molecule has 5 heteroatoms. The van der Waals surface area contributed by atoms with E-state index >= 15 is 0 Å². The maximum Gasteiger partial charge on any atom is 0.148 e. The van der Waals surface area contributed by atoms with Gasteiger partial charge in [0.15, 0.2) is 0 Å². The Morgan fingerprint density at radius 2 is 2.12 bits per heavy atom.